The summed E-state index contributed by atoms with van der Waals surface area (Å²) in [6.07, 6.45) is 10.3. The Kier molecular flexibility index (Phi) is 32.3. The molecule has 10 aromatic carbocycles. The van der Waals surface area contributed by atoms with Crippen molar-refractivity contribution in [3.8, 4) is 46.0 Å². The number of carboxylic acids is 1. The average Bonchev–Trinajstić information content (AvgIpc) is 1.62. The van der Waals surface area contributed by atoms with Crippen LogP contribution in [0.4, 0.5) is 45.5 Å². The van der Waals surface area contributed by atoms with E-state index in [4.69, 9.17) is 101 Å². The van der Waals surface area contributed by atoms with Crippen LogP contribution in [0.1, 0.15) is 136 Å². The summed E-state index contributed by atoms with van der Waals surface area (Å²) >= 11 is 0. The van der Waals surface area contributed by atoms with E-state index < -0.39 is 35.6 Å². The molecule has 0 aliphatic carbocycles. The number of rotatable bonds is 41. The second kappa shape index (κ2) is 46.9. The molecule has 37 heteroatoms. The van der Waals surface area contributed by atoms with Crippen LogP contribution in [-0.2, 0) is 114 Å². The molecule has 10 heterocycles. The zero-order valence-electron chi connectivity index (χ0n) is 81.3. The number of para-hydroxylation sites is 4. The number of carbonyl (C=O) groups is 10. The Morgan fingerprint density at radius 3 is 0.925 bits per heavy atom. The smallest absolute Gasteiger partial charge is 0.335 e. The minimum absolute atomic E-state index is 0.0301. The standard InChI is InChI=1S/C55H53N5O13.C51H50N4O11.C4H5NO3/c1-34-21-42-44(56-30-39-25-37-7-3-5-9-46(37)58(39)54(42)64)28-48(34)71-32-35-22-36(24-41(23-35)70-20-19-69-18-17-68-16-15-67-14-13-53(63)73-60-51(61)11-12-52(60)62)33-72-50-29-45-43(27-49(50)66-2)55(65)59-40(31-57-45)26-38-8-4-6-10-47(38)59;1-32-19-40-42(52-28-37-23-35-7-3-5-9-44(35)54(37)50(40)58)26-46(32)65-30-33-20-34(22-39(21-33)64-18-17-63-16-15-62-14-13-61-12-11-49(56)57)31-66-48-27-43-41(25-47(48)60-2)51(59)55-38(29-53-43)24-36-8-4-6-10-45(36)55;6-3-1-2-4(7)5(3)8/h3-10,21-24,27-31,39-40H,11-20,25-26,32-33H2,1-2H3;3-10,19-22,25-29,37-38H,11-18,23-24,30-31H2,1-2H3,(H,56,57);8H,1-2H2/t39-,40-;37-,38-;/m00./s1. The van der Waals surface area contributed by atoms with E-state index in [1.165, 1.54) is 7.11 Å². The highest BCUT2D eigenvalue weighted by molar-refractivity contribution is 6.18. The van der Waals surface area contributed by atoms with E-state index in [-0.39, 0.29) is 164 Å². The molecule has 20 rings (SSSR count). The largest absolute Gasteiger partial charge is 0.493 e. The summed E-state index contributed by atoms with van der Waals surface area (Å²) in [6.45, 7) is 8.05. The van der Waals surface area contributed by atoms with E-state index in [9.17, 15) is 47.9 Å². The third-order valence-electron chi connectivity index (χ3n) is 25.8. The van der Waals surface area contributed by atoms with Gasteiger partial charge in [-0.15, -0.1) is 5.06 Å². The van der Waals surface area contributed by atoms with E-state index in [2.05, 4.69) is 6.07 Å². The molecule has 0 saturated carbocycles. The average molecular weight is 2000 g/mol. The van der Waals surface area contributed by atoms with Gasteiger partial charge in [0.2, 0.25) is 0 Å². The number of aliphatic imine (C=N–C) groups is 4. The van der Waals surface area contributed by atoms with E-state index >= 15 is 0 Å². The molecule has 8 amide bonds. The number of aryl methyl sites for hydroxylation is 2. The predicted molar refractivity (Wildman–Crippen MR) is 537 cm³/mol. The molecule has 2 N–H and O–H groups in total. The lowest BCUT2D eigenvalue weighted by atomic mass is 10.1. The number of hydroxylamine groups is 4. The molecule has 0 bridgehead atoms. The predicted octanol–water partition coefficient (Wildman–Crippen LogP) is 14.3. The molecular weight excluding hydrogens is 1890 g/mol. The highest BCUT2D eigenvalue weighted by Gasteiger charge is 2.43. The molecule has 0 spiro atoms. The van der Waals surface area contributed by atoms with Crippen molar-refractivity contribution in [2.45, 2.75) is 129 Å². The van der Waals surface area contributed by atoms with Crippen LogP contribution >= 0.6 is 0 Å². The number of hydrogen-bond donors (Lipinski definition) is 2. The summed E-state index contributed by atoms with van der Waals surface area (Å²) in [5.41, 5.74) is 16.7. The summed E-state index contributed by atoms with van der Waals surface area (Å²) in [5.74, 6) is -0.275. The number of carbonyl (C=O) groups excluding carboxylic acids is 9. The number of amides is 8. The molecule has 0 radical (unpaired) electrons. The Labute approximate surface area is 845 Å². The molecule has 4 atom stereocenters. The maximum Gasteiger partial charge on any atom is 0.335 e. The molecule has 10 aliphatic rings. The van der Waals surface area contributed by atoms with Crippen LogP contribution in [0.15, 0.2) is 202 Å². The van der Waals surface area contributed by atoms with Gasteiger partial charge in [-0.1, -0.05) is 72.8 Å². The first kappa shape index (κ1) is 101. The normalized spacial score (nSPS) is 17.0. The monoisotopic (exact) mass is 2000 g/mol. The maximum absolute atomic E-state index is 14.0. The third kappa shape index (κ3) is 23.7. The lowest BCUT2D eigenvalue weighted by Crippen LogP contribution is -2.37. The number of imide groups is 2. The van der Waals surface area contributed by atoms with Crippen molar-refractivity contribution in [2.75, 3.05) is 126 Å². The van der Waals surface area contributed by atoms with Crippen molar-refractivity contribution in [3.63, 3.8) is 0 Å². The van der Waals surface area contributed by atoms with Crippen molar-refractivity contribution in [1.29, 1.82) is 0 Å². The van der Waals surface area contributed by atoms with Gasteiger partial charge in [-0.05, 0) is 154 Å². The number of ether oxygens (including phenoxy) is 14. The van der Waals surface area contributed by atoms with Gasteiger partial charge < -0.3 is 76.3 Å². The van der Waals surface area contributed by atoms with Gasteiger partial charge in [-0.3, -0.25) is 87.9 Å². The lowest BCUT2D eigenvalue weighted by molar-refractivity contribution is -0.198. The molecule has 10 aromatic rings. The van der Waals surface area contributed by atoms with Gasteiger partial charge in [-0.2, -0.15) is 5.06 Å². The highest BCUT2D eigenvalue weighted by Crippen LogP contribution is 2.47. The Bertz CT molecular complexity index is 6810. The number of aliphatic carboxylic acids is 1. The van der Waals surface area contributed by atoms with Gasteiger partial charge in [0.25, 0.3) is 47.3 Å². The molecule has 147 heavy (non-hydrogen) atoms. The fourth-order valence-corrected chi connectivity index (χ4v) is 18.6. The van der Waals surface area contributed by atoms with Gasteiger partial charge >= 0.3 is 11.9 Å². The van der Waals surface area contributed by atoms with Crippen LogP contribution < -0.4 is 57.5 Å². The Hall–Kier alpha value is -15.9. The second-order valence-corrected chi connectivity index (χ2v) is 35.8. The van der Waals surface area contributed by atoms with E-state index in [1.807, 2.05) is 200 Å². The zero-order valence-corrected chi connectivity index (χ0v) is 81.3. The number of methoxy groups -OCH3 is 2. The quantitative estimate of drug-likeness (QED) is 0.0204. The fourth-order valence-electron chi connectivity index (χ4n) is 18.6. The van der Waals surface area contributed by atoms with Crippen molar-refractivity contribution < 1.29 is 129 Å². The first-order valence-corrected chi connectivity index (χ1v) is 48.4. The van der Waals surface area contributed by atoms with E-state index in [0.29, 0.717) is 168 Å². The number of carboxylic acid groups (broad SMARTS) is 1. The maximum atomic E-state index is 14.0. The van der Waals surface area contributed by atoms with Gasteiger partial charge in [0, 0.05) is 123 Å². The first-order chi connectivity index (χ1) is 71.6. The molecule has 0 unspecified atom stereocenters. The fraction of sp³-hybridized carbons (Fsp3) is 0.327. The van der Waals surface area contributed by atoms with Crippen molar-refractivity contribution >= 4 is 130 Å². The van der Waals surface area contributed by atoms with Gasteiger partial charge in [-0.25, -0.2) is 4.79 Å². The second-order valence-electron chi connectivity index (χ2n) is 35.8. The lowest BCUT2D eigenvalue weighted by Gasteiger charge is -2.22. The van der Waals surface area contributed by atoms with Gasteiger partial charge in [0.1, 0.15) is 62.6 Å². The number of anilines is 4. The molecule has 0 aromatic heterocycles. The van der Waals surface area contributed by atoms with Crippen LogP contribution in [0.5, 0.6) is 46.0 Å². The SMILES string of the molecule is COc1cc2c(cc1OCc1cc(COc3cc4c(cc3C)C(=O)N3c5ccccc5C[C@H]3C=N4)cc(OCCOCCOCCOCCC(=O)O)c1)N=C[C@@H]1Cc3ccccc3N1C2=O.COc1cc2c(cc1OCc1cc(COc3cc4c(cc3C)C(=O)N3c5ccccc5C[C@H]3C=N4)cc(OCCOCCOCCOCCC(=O)ON3C(=O)CCC3=O)c1)N=C[C@@H]1Cc3ccccc3N1C2=O.O=C1CCC(=O)N1O. The van der Waals surface area contributed by atoms with Crippen molar-refractivity contribution in [1.82, 2.24) is 10.1 Å². The Morgan fingerprint density at radius 1 is 0.327 bits per heavy atom. The summed E-state index contributed by atoms with van der Waals surface area (Å²) in [7, 11) is 3.07. The van der Waals surface area contributed by atoms with Crippen LogP contribution in [0.3, 0.4) is 0 Å². The summed E-state index contributed by atoms with van der Waals surface area (Å²) in [4.78, 5) is 153. The van der Waals surface area contributed by atoms with Crippen LogP contribution in [0.2, 0.25) is 0 Å². The summed E-state index contributed by atoms with van der Waals surface area (Å²) in [6, 6.07) is 56.7. The van der Waals surface area contributed by atoms with E-state index in [0.717, 1.165) is 78.4 Å². The minimum atomic E-state index is -0.904. The molecule has 2 saturated heterocycles. The van der Waals surface area contributed by atoms with Crippen molar-refractivity contribution in [2.24, 2.45) is 20.0 Å². The van der Waals surface area contributed by atoms with Crippen LogP contribution in [0, 0.1) is 13.8 Å². The first-order valence-electron chi connectivity index (χ1n) is 48.4. The third-order valence-corrected chi connectivity index (χ3v) is 25.8. The zero-order chi connectivity index (χ0) is 102. The van der Waals surface area contributed by atoms with Crippen LogP contribution in [0.25, 0.3) is 0 Å². The molecule has 37 nitrogen and oxygen atoms in total. The highest BCUT2D eigenvalue weighted by atomic mass is 16.7. The van der Waals surface area contributed by atoms with E-state index in [1.54, 1.807) is 41.2 Å². The minimum Gasteiger partial charge on any atom is -0.493 e. The summed E-state index contributed by atoms with van der Waals surface area (Å²) in [5, 5.41) is 17.8. The number of benzene rings is 10. The molecular formula is C110H108N10O27. The van der Waals surface area contributed by atoms with Crippen molar-refractivity contribution in [3.05, 3.63) is 260 Å². The van der Waals surface area contributed by atoms with Gasteiger partial charge in [0.05, 0.1) is 176 Å². The number of nitrogens with zero attached hydrogens (tertiary/aromatic N) is 10. The van der Waals surface area contributed by atoms with Gasteiger partial charge in [0.15, 0.2) is 23.0 Å². The molecule has 2 fully saturated rings. The Morgan fingerprint density at radius 2 is 0.612 bits per heavy atom. The number of hydrogen-bond acceptors (Lipinski definition) is 30. The summed E-state index contributed by atoms with van der Waals surface area (Å²) < 4.78 is 82.9. The number of fused-ring (bicyclic) bond motifs is 16. The molecule has 10 aliphatic heterocycles. The topological polar surface area (TPSA) is 418 Å². The van der Waals surface area contributed by atoms with Crippen LogP contribution in [-0.4, -0.2) is 235 Å². The Balaban J connectivity index is 0.000000179. The molecule has 760 valence electrons.